The molecule has 0 spiro atoms. The molecular formula is C31H48N6S. The first-order valence-electron chi connectivity index (χ1n) is 14.8. The number of aliphatic imine (C=N–C) groups is 1. The molecule has 38 heavy (non-hydrogen) atoms. The number of rotatable bonds is 7. The Kier molecular flexibility index (Phi) is 11.1. The molecule has 6 nitrogen and oxygen atoms in total. The third-order valence-corrected chi connectivity index (χ3v) is 8.18. The summed E-state index contributed by atoms with van der Waals surface area (Å²) in [6.07, 6.45) is 12.1. The number of hydrogen-bond acceptors (Lipinski definition) is 6. The second-order valence-electron chi connectivity index (χ2n) is 10.4. The summed E-state index contributed by atoms with van der Waals surface area (Å²) in [7, 11) is 0. The first kappa shape index (κ1) is 30.0. The highest BCUT2D eigenvalue weighted by Gasteiger charge is 2.28. The maximum absolute atomic E-state index is 5.15. The molecule has 0 aromatic carbocycles. The number of aromatic nitrogens is 4. The molecule has 1 fully saturated rings. The predicted molar refractivity (Wildman–Crippen MR) is 167 cm³/mol. The quantitative estimate of drug-likeness (QED) is 0.302. The van der Waals surface area contributed by atoms with Gasteiger partial charge in [0, 0.05) is 31.5 Å². The van der Waals surface area contributed by atoms with Crippen LogP contribution in [-0.2, 0) is 0 Å². The fourth-order valence-electron chi connectivity index (χ4n) is 4.94. The van der Waals surface area contributed by atoms with Crippen molar-refractivity contribution in [3.05, 3.63) is 29.7 Å². The topological polar surface area (TPSA) is 59.2 Å². The summed E-state index contributed by atoms with van der Waals surface area (Å²) in [6.45, 7) is 21.3. The molecule has 5 rings (SSSR count). The lowest BCUT2D eigenvalue weighted by Gasteiger charge is -2.20. The number of thiophene rings is 1. The summed E-state index contributed by atoms with van der Waals surface area (Å²) >= 11 is 1.74. The smallest absolute Gasteiger partial charge is 0.181 e. The monoisotopic (exact) mass is 536 g/mol. The number of allylic oxidation sites excluding steroid dienone is 1. The molecule has 2 aliphatic heterocycles. The van der Waals surface area contributed by atoms with Gasteiger partial charge in [0.05, 0.1) is 10.3 Å². The van der Waals surface area contributed by atoms with Crippen molar-refractivity contribution in [3.8, 4) is 10.6 Å². The summed E-state index contributed by atoms with van der Waals surface area (Å²) < 4.78 is 2.03. The Morgan fingerprint density at radius 2 is 1.82 bits per heavy atom. The highest BCUT2D eigenvalue weighted by atomic mass is 32.1. The van der Waals surface area contributed by atoms with Gasteiger partial charge in [-0.3, -0.25) is 9.67 Å². The molecule has 5 heterocycles. The van der Waals surface area contributed by atoms with Crippen molar-refractivity contribution in [2.75, 3.05) is 18.0 Å². The Hall–Kier alpha value is -2.54. The molecule has 0 N–H and O–H groups in total. The molecule has 0 aliphatic carbocycles. The van der Waals surface area contributed by atoms with Crippen LogP contribution in [0.2, 0.25) is 0 Å². The lowest BCUT2D eigenvalue weighted by molar-refractivity contribution is 0.452. The van der Waals surface area contributed by atoms with Gasteiger partial charge < -0.3 is 4.90 Å². The Morgan fingerprint density at radius 1 is 1.05 bits per heavy atom. The molecule has 0 radical (unpaired) electrons. The van der Waals surface area contributed by atoms with Crippen LogP contribution in [-0.4, -0.2) is 39.1 Å². The van der Waals surface area contributed by atoms with E-state index in [2.05, 4.69) is 62.9 Å². The first-order valence-corrected chi connectivity index (χ1v) is 15.6. The lowest BCUT2D eigenvalue weighted by atomic mass is 9.97. The standard InChI is InChI=1S/C27H36N6S.2C2H6/c1-17(2)9-10-20-11-14-32(16-20)26-23-19(5)24(21-12-15-33(31-21)18(3)4)34-27(23)30-25(29-26)22-8-6-7-13-28-22;2*1-2/h8,12-13,15,17-18,20H,6-7,9-11,14,16H2,1-5H3;2*1-2H3. The van der Waals surface area contributed by atoms with E-state index in [1.165, 1.54) is 35.1 Å². The minimum absolute atomic E-state index is 0.342. The highest BCUT2D eigenvalue weighted by Crippen LogP contribution is 2.42. The van der Waals surface area contributed by atoms with E-state index in [9.17, 15) is 0 Å². The van der Waals surface area contributed by atoms with Gasteiger partial charge in [-0.05, 0) is 69.9 Å². The van der Waals surface area contributed by atoms with Gasteiger partial charge in [0.25, 0.3) is 0 Å². The van der Waals surface area contributed by atoms with E-state index < -0.39 is 0 Å². The van der Waals surface area contributed by atoms with Crippen molar-refractivity contribution >= 4 is 39.3 Å². The zero-order chi connectivity index (χ0) is 27.8. The van der Waals surface area contributed by atoms with E-state index >= 15 is 0 Å². The molecule has 208 valence electrons. The van der Waals surface area contributed by atoms with Gasteiger partial charge in [-0.15, -0.1) is 11.3 Å². The van der Waals surface area contributed by atoms with Gasteiger partial charge in [-0.1, -0.05) is 54.0 Å². The third kappa shape index (κ3) is 6.71. The molecule has 0 bridgehead atoms. The van der Waals surface area contributed by atoms with E-state index in [1.54, 1.807) is 11.3 Å². The maximum atomic E-state index is 5.15. The second-order valence-corrected chi connectivity index (χ2v) is 11.4. The van der Waals surface area contributed by atoms with Crippen LogP contribution in [0.1, 0.15) is 105 Å². The van der Waals surface area contributed by atoms with Crippen molar-refractivity contribution in [3.63, 3.8) is 0 Å². The largest absolute Gasteiger partial charge is 0.356 e. The van der Waals surface area contributed by atoms with Crippen molar-refractivity contribution in [2.24, 2.45) is 16.8 Å². The van der Waals surface area contributed by atoms with E-state index in [0.29, 0.717) is 6.04 Å². The summed E-state index contributed by atoms with van der Waals surface area (Å²) in [6, 6.07) is 2.46. The molecule has 0 saturated carbocycles. The Morgan fingerprint density at radius 3 is 2.45 bits per heavy atom. The minimum atomic E-state index is 0.342. The van der Waals surface area contributed by atoms with E-state index in [4.69, 9.17) is 15.1 Å². The summed E-state index contributed by atoms with van der Waals surface area (Å²) in [5.41, 5.74) is 3.16. The predicted octanol–water partition coefficient (Wildman–Crippen LogP) is 8.96. The summed E-state index contributed by atoms with van der Waals surface area (Å²) in [5.74, 6) is 3.33. The van der Waals surface area contributed by atoms with Gasteiger partial charge in [-0.2, -0.15) is 5.10 Å². The van der Waals surface area contributed by atoms with E-state index in [0.717, 1.165) is 65.6 Å². The van der Waals surface area contributed by atoms with Crippen molar-refractivity contribution in [1.82, 2.24) is 19.7 Å². The van der Waals surface area contributed by atoms with Crippen LogP contribution < -0.4 is 4.90 Å². The van der Waals surface area contributed by atoms with Gasteiger partial charge in [-0.25, -0.2) is 9.97 Å². The zero-order valence-electron chi connectivity index (χ0n) is 25.1. The molecule has 2 aliphatic rings. The van der Waals surface area contributed by atoms with Crippen LogP contribution in [0.15, 0.2) is 23.3 Å². The van der Waals surface area contributed by atoms with Gasteiger partial charge in [0.1, 0.15) is 22.0 Å². The minimum Gasteiger partial charge on any atom is -0.356 e. The molecule has 1 atom stereocenters. The van der Waals surface area contributed by atoms with E-state index in [-0.39, 0.29) is 0 Å². The lowest BCUT2D eigenvalue weighted by Crippen LogP contribution is -2.22. The molecule has 3 aromatic heterocycles. The van der Waals surface area contributed by atoms with Crippen LogP contribution in [0.5, 0.6) is 0 Å². The molecular weight excluding hydrogens is 488 g/mol. The molecule has 1 saturated heterocycles. The summed E-state index contributed by atoms with van der Waals surface area (Å²) in [5, 5.41) is 6.05. The second kappa shape index (κ2) is 14.0. The van der Waals surface area contributed by atoms with Crippen molar-refractivity contribution in [1.29, 1.82) is 0 Å². The van der Waals surface area contributed by atoms with Gasteiger partial charge >= 0.3 is 0 Å². The highest BCUT2D eigenvalue weighted by molar-refractivity contribution is 7.22. The van der Waals surface area contributed by atoms with Gasteiger partial charge in [0.15, 0.2) is 5.82 Å². The van der Waals surface area contributed by atoms with Crippen LogP contribution in [0.4, 0.5) is 5.82 Å². The third-order valence-electron chi connectivity index (χ3n) is 6.97. The molecule has 1 unspecified atom stereocenters. The average Bonchev–Trinajstić information content (AvgIpc) is 3.69. The fourth-order valence-corrected chi connectivity index (χ4v) is 6.08. The van der Waals surface area contributed by atoms with Crippen LogP contribution >= 0.6 is 11.3 Å². The number of nitrogens with zero attached hydrogens (tertiary/aromatic N) is 6. The van der Waals surface area contributed by atoms with Gasteiger partial charge in [0.2, 0.25) is 0 Å². The SMILES string of the molecule is CC.CC.Cc1c(-c2ccn(C(C)C)n2)sc2nc(C3=CCCC=N3)nc(N3CCC(CCC(C)C)C3)c12. The van der Waals surface area contributed by atoms with E-state index in [1.807, 2.05) is 38.6 Å². The van der Waals surface area contributed by atoms with Crippen molar-refractivity contribution < 1.29 is 0 Å². The normalized spacial score (nSPS) is 17.0. The van der Waals surface area contributed by atoms with Crippen LogP contribution in [0.25, 0.3) is 26.5 Å². The Balaban J connectivity index is 0.000000956. The van der Waals surface area contributed by atoms with Crippen LogP contribution in [0.3, 0.4) is 0 Å². The van der Waals surface area contributed by atoms with Crippen LogP contribution in [0, 0.1) is 18.8 Å². The number of anilines is 1. The molecule has 3 aromatic rings. The first-order chi connectivity index (χ1) is 18.4. The number of fused-ring (bicyclic) bond motifs is 1. The zero-order valence-corrected chi connectivity index (χ0v) is 25.9. The number of aryl methyl sites for hydroxylation is 1. The maximum Gasteiger partial charge on any atom is 0.181 e. The average molecular weight is 537 g/mol. The molecule has 0 amide bonds. The Bertz CT molecular complexity index is 1230. The van der Waals surface area contributed by atoms with Crippen molar-refractivity contribution in [2.45, 2.75) is 100 Å². The summed E-state index contributed by atoms with van der Waals surface area (Å²) in [4.78, 5) is 19.5. The molecule has 7 heteroatoms. The number of hydrogen-bond donors (Lipinski definition) is 0. The Labute approximate surface area is 234 Å². The fraction of sp³-hybridized carbons (Fsp3) is 0.613.